The van der Waals surface area contributed by atoms with Gasteiger partial charge in [0.25, 0.3) is 11.8 Å². The fraction of sp³-hybridized carbons (Fsp3) is 0.318. The van der Waals surface area contributed by atoms with Gasteiger partial charge in [-0.15, -0.1) is 0 Å². The van der Waals surface area contributed by atoms with Crippen LogP contribution in [-0.2, 0) is 29.3 Å². The maximum absolute atomic E-state index is 15.4. The molecule has 2 N–H and O–H groups in total. The van der Waals surface area contributed by atoms with Crippen molar-refractivity contribution >= 4 is 52.3 Å². The van der Waals surface area contributed by atoms with E-state index in [1.165, 1.54) is 29.2 Å². The number of rotatable bonds is 6. The van der Waals surface area contributed by atoms with Gasteiger partial charge in [0.15, 0.2) is 0 Å². The number of phenolic OH excluding ortho intramolecular Hbond substituents is 1. The summed E-state index contributed by atoms with van der Waals surface area (Å²) in [5, 5.41) is 12.4. The summed E-state index contributed by atoms with van der Waals surface area (Å²) in [4.78, 5) is 62.8. The smallest absolute Gasteiger partial charge is 0.260 e. The number of imide groups is 2. The molecule has 0 spiro atoms. The lowest BCUT2D eigenvalue weighted by Gasteiger charge is -2.50. The van der Waals surface area contributed by atoms with Crippen molar-refractivity contribution in [1.82, 2.24) is 5.01 Å². The molecule has 3 saturated heterocycles. The molecule has 286 valence electrons. The molecule has 5 aliphatic rings. The highest BCUT2D eigenvalue weighted by Gasteiger charge is 2.70. The van der Waals surface area contributed by atoms with Gasteiger partial charge in [0.2, 0.25) is 11.8 Å². The minimum atomic E-state index is -1.51. The minimum absolute atomic E-state index is 0.121. The van der Waals surface area contributed by atoms with Crippen molar-refractivity contribution in [3.05, 3.63) is 130 Å². The number of nitrogens with zero attached hydrogens (tertiary/aromatic N) is 3. The van der Waals surface area contributed by atoms with Crippen LogP contribution in [0.5, 0.6) is 5.75 Å². The average Bonchev–Trinajstić information content (AvgIpc) is 3.58. The lowest BCUT2D eigenvalue weighted by Crippen LogP contribution is -2.53. The number of carbonyl (C=O) groups is 4. The summed E-state index contributed by atoms with van der Waals surface area (Å²) in [6.07, 6.45) is 2.40. The molecule has 56 heavy (non-hydrogen) atoms. The van der Waals surface area contributed by atoms with E-state index >= 15 is 4.79 Å². The van der Waals surface area contributed by atoms with Gasteiger partial charge in [0.05, 0.1) is 47.8 Å². The highest BCUT2D eigenvalue weighted by molar-refractivity contribution is 6.30. The summed E-state index contributed by atoms with van der Waals surface area (Å²) in [7, 11) is 0. The molecule has 3 aliphatic heterocycles. The van der Waals surface area contributed by atoms with Crippen molar-refractivity contribution in [3.63, 3.8) is 0 Å². The summed E-state index contributed by atoms with van der Waals surface area (Å²) >= 11 is 6.41. The number of anilines is 3. The predicted octanol–water partition coefficient (Wildman–Crippen LogP) is 6.83. The van der Waals surface area contributed by atoms with Gasteiger partial charge in [-0.25, -0.2) is 4.39 Å². The van der Waals surface area contributed by atoms with E-state index in [0.717, 1.165) is 29.4 Å². The Bertz CT molecular complexity index is 2290. The molecule has 0 bridgehead atoms. The Morgan fingerprint density at radius 1 is 0.821 bits per heavy atom. The van der Waals surface area contributed by atoms with Gasteiger partial charge in [0, 0.05) is 29.7 Å². The van der Waals surface area contributed by atoms with Gasteiger partial charge in [-0.05, 0) is 116 Å². The zero-order valence-corrected chi connectivity index (χ0v) is 31.6. The number of aromatic hydroxyl groups is 1. The number of phenols is 1. The minimum Gasteiger partial charge on any atom is -0.507 e. The average molecular weight is 775 g/mol. The molecular weight excluding hydrogens is 735 g/mol. The molecule has 12 heteroatoms. The van der Waals surface area contributed by atoms with Crippen LogP contribution in [0.3, 0.4) is 0 Å². The van der Waals surface area contributed by atoms with E-state index in [4.69, 9.17) is 16.3 Å². The number of carbonyl (C=O) groups excluding carboxylic acids is 4. The summed E-state index contributed by atoms with van der Waals surface area (Å²) < 4.78 is 19.4. The third-order valence-electron chi connectivity index (χ3n) is 12.6. The summed E-state index contributed by atoms with van der Waals surface area (Å²) in [6, 6.07) is 23.5. The largest absolute Gasteiger partial charge is 0.507 e. The third kappa shape index (κ3) is 5.46. The molecule has 2 aliphatic carbocycles. The van der Waals surface area contributed by atoms with Crippen LogP contribution in [0.4, 0.5) is 21.5 Å². The second-order valence-corrected chi connectivity index (χ2v) is 15.9. The van der Waals surface area contributed by atoms with Gasteiger partial charge in [-0.2, -0.15) is 5.01 Å². The van der Waals surface area contributed by atoms with E-state index in [-0.39, 0.29) is 30.4 Å². The molecule has 0 unspecified atom stereocenters. The Morgan fingerprint density at radius 3 is 2.12 bits per heavy atom. The van der Waals surface area contributed by atoms with Gasteiger partial charge < -0.3 is 14.7 Å². The Hall–Kier alpha value is -5.52. The quantitative estimate of drug-likeness (QED) is 0.162. The predicted molar refractivity (Wildman–Crippen MR) is 209 cm³/mol. The number of ether oxygens (including phenoxy) is 1. The van der Waals surface area contributed by atoms with Crippen molar-refractivity contribution in [2.45, 2.75) is 38.0 Å². The molecular formula is C44H40ClFN4O6. The number of hydrogen-bond donors (Lipinski definition) is 2. The number of hydrazine groups is 1. The number of benzene rings is 4. The number of morpholine rings is 1. The second-order valence-electron chi connectivity index (χ2n) is 15.5. The van der Waals surface area contributed by atoms with Crippen LogP contribution in [0.2, 0.25) is 5.02 Å². The fourth-order valence-electron chi connectivity index (χ4n) is 10.1. The van der Waals surface area contributed by atoms with E-state index in [2.05, 4.69) is 10.3 Å². The third-order valence-corrected chi connectivity index (χ3v) is 12.8. The molecule has 0 aromatic heterocycles. The molecule has 4 aromatic rings. The van der Waals surface area contributed by atoms with Crippen molar-refractivity contribution in [2.75, 3.05) is 41.5 Å². The standard InChI is InChI=1S/C44H40ClFN4O6/c1-24-21-26(22-25(2)39(24)51)38-33-15-16-34-37(42(54)49(40(34)52)32-13-11-31(12-14-32)48-17-19-56-20-18-48)35(33)23-36-41(53)50(47-30-9-7-29(46)8-10-30)43(55)44(36,38)27-3-5-28(45)6-4-27/h3-15,21-22,34-38,47,51H,16-20,23H2,1-2H3/t34-,35+,36-,37-,38-,44+/m0/s1. The van der Waals surface area contributed by atoms with E-state index in [1.807, 2.05) is 42.5 Å². The first-order valence-electron chi connectivity index (χ1n) is 19.0. The zero-order chi connectivity index (χ0) is 39.0. The van der Waals surface area contributed by atoms with Gasteiger partial charge >= 0.3 is 0 Å². The van der Waals surface area contributed by atoms with E-state index in [0.29, 0.717) is 51.9 Å². The van der Waals surface area contributed by atoms with Crippen molar-refractivity contribution in [1.29, 1.82) is 0 Å². The normalized spacial score (nSPS) is 27.2. The molecule has 4 aromatic carbocycles. The monoisotopic (exact) mass is 774 g/mol. The fourth-order valence-corrected chi connectivity index (χ4v) is 10.2. The second kappa shape index (κ2) is 13.6. The van der Waals surface area contributed by atoms with E-state index in [9.17, 15) is 23.9 Å². The first-order chi connectivity index (χ1) is 27.0. The first-order valence-corrected chi connectivity index (χ1v) is 19.3. The summed E-state index contributed by atoms with van der Waals surface area (Å²) in [6.45, 7) is 6.33. The van der Waals surface area contributed by atoms with E-state index < -0.39 is 52.6 Å². The zero-order valence-electron chi connectivity index (χ0n) is 30.9. The number of hydrogen-bond acceptors (Lipinski definition) is 8. The number of fused-ring (bicyclic) bond motifs is 4. The van der Waals surface area contributed by atoms with Gasteiger partial charge in [0.1, 0.15) is 11.6 Å². The highest BCUT2D eigenvalue weighted by atomic mass is 35.5. The highest BCUT2D eigenvalue weighted by Crippen LogP contribution is 2.64. The van der Waals surface area contributed by atoms with Gasteiger partial charge in [-0.3, -0.25) is 29.5 Å². The molecule has 6 atom stereocenters. The van der Waals surface area contributed by atoms with Crippen molar-refractivity contribution in [2.24, 2.45) is 23.7 Å². The molecule has 1 saturated carbocycles. The van der Waals surface area contributed by atoms with Crippen LogP contribution in [-0.4, -0.2) is 60.0 Å². The van der Waals surface area contributed by atoms with Crippen LogP contribution in [0.1, 0.15) is 41.0 Å². The lowest BCUT2D eigenvalue weighted by atomic mass is 9.49. The number of allylic oxidation sites excluding steroid dienone is 2. The number of amides is 4. The van der Waals surface area contributed by atoms with Crippen molar-refractivity contribution < 1.29 is 33.4 Å². The molecule has 3 heterocycles. The maximum Gasteiger partial charge on any atom is 0.260 e. The molecule has 10 nitrogen and oxygen atoms in total. The first kappa shape index (κ1) is 36.1. The number of halogens is 2. The topological polar surface area (TPSA) is 119 Å². The molecule has 4 amide bonds. The summed E-state index contributed by atoms with van der Waals surface area (Å²) in [5.41, 5.74) is 6.53. The van der Waals surface area contributed by atoms with Crippen LogP contribution >= 0.6 is 11.6 Å². The number of aryl methyl sites for hydroxylation is 2. The van der Waals surface area contributed by atoms with Crippen molar-refractivity contribution in [3.8, 4) is 5.75 Å². The van der Waals surface area contributed by atoms with Crippen LogP contribution in [0.25, 0.3) is 0 Å². The van der Waals surface area contributed by atoms with Crippen LogP contribution < -0.4 is 15.2 Å². The molecule has 4 fully saturated rings. The molecule has 0 radical (unpaired) electrons. The maximum atomic E-state index is 15.4. The lowest BCUT2D eigenvalue weighted by molar-refractivity contribution is -0.138. The Morgan fingerprint density at radius 2 is 1.46 bits per heavy atom. The molecule has 9 rings (SSSR count). The van der Waals surface area contributed by atoms with Crippen LogP contribution in [0.15, 0.2) is 96.6 Å². The SMILES string of the molecule is Cc1cc([C@H]2C3=CC[C@@H]4C(=O)N(c5ccc(N6CCOCC6)cc5)C(=O)[C@@H]4[C@@H]3C[C@H]3C(=O)N(Nc4ccc(F)cc4)C(=O)[C@@]23c2ccc(Cl)cc2)cc(C)c1O. The number of nitrogens with one attached hydrogen (secondary N) is 1. The van der Waals surface area contributed by atoms with E-state index in [1.54, 1.807) is 38.1 Å². The summed E-state index contributed by atoms with van der Waals surface area (Å²) in [5.74, 6) is -5.70. The van der Waals surface area contributed by atoms with Crippen LogP contribution in [0, 0.1) is 43.3 Å². The Kier molecular flexibility index (Phi) is 8.77. The Balaban J connectivity index is 1.18. The van der Waals surface area contributed by atoms with Gasteiger partial charge in [-0.1, -0.05) is 47.5 Å². The Labute approximate surface area is 328 Å².